The molecule has 1 unspecified atom stereocenters. The highest BCUT2D eigenvalue weighted by Gasteiger charge is 2.32. The minimum absolute atomic E-state index is 0.0211. The van der Waals surface area contributed by atoms with Gasteiger partial charge in [0, 0.05) is 66.9 Å². The Morgan fingerprint density at radius 1 is 0.959 bits per heavy atom. The quantitative estimate of drug-likeness (QED) is 0.176. The van der Waals surface area contributed by atoms with Crippen molar-refractivity contribution in [1.29, 1.82) is 0 Å². The summed E-state index contributed by atoms with van der Waals surface area (Å²) in [5, 5.41) is 0.535. The number of hydrogen-bond donors (Lipinski definition) is 2. The molecular weight excluding hydrogens is 661 g/mol. The van der Waals surface area contributed by atoms with Crippen LogP contribution in [-0.2, 0) is 14.8 Å². The first kappa shape index (κ1) is 37.0. The molecule has 0 bridgehead atoms. The number of H-pyrrole nitrogens is 1. The highest BCUT2D eigenvalue weighted by Crippen LogP contribution is 2.38. The van der Waals surface area contributed by atoms with E-state index in [1.165, 1.54) is 43.3 Å². The second-order valence-corrected chi connectivity index (χ2v) is 13.2. The van der Waals surface area contributed by atoms with Gasteiger partial charge in [-0.1, -0.05) is 24.3 Å². The van der Waals surface area contributed by atoms with Gasteiger partial charge < -0.3 is 19.5 Å². The summed E-state index contributed by atoms with van der Waals surface area (Å²) >= 11 is 0. The van der Waals surface area contributed by atoms with Gasteiger partial charge >= 0.3 is 6.18 Å². The van der Waals surface area contributed by atoms with E-state index in [0.717, 1.165) is 0 Å². The summed E-state index contributed by atoms with van der Waals surface area (Å²) in [7, 11) is -1.39. The molecule has 0 aliphatic carbocycles. The van der Waals surface area contributed by atoms with E-state index < -0.39 is 40.4 Å². The van der Waals surface area contributed by atoms with Gasteiger partial charge in [-0.15, -0.1) is 0 Å². The Labute approximate surface area is 283 Å². The molecule has 3 aromatic carbocycles. The summed E-state index contributed by atoms with van der Waals surface area (Å²) in [6, 6.07) is 15.4. The molecule has 0 radical (unpaired) electrons. The maximum absolute atomic E-state index is 14.2. The second kappa shape index (κ2) is 15.1. The normalized spacial score (nSPS) is 12.4. The molecule has 0 fully saturated rings. The summed E-state index contributed by atoms with van der Waals surface area (Å²) in [4.78, 5) is 46.5. The van der Waals surface area contributed by atoms with Gasteiger partial charge in [0.25, 0.3) is 21.8 Å². The molecule has 10 nitrogen and oxygen atoms in total. The lowest BCUT2D eigenvalue weighted by atomic mass is 9.87. The standard InChI is InChI=1S/C35H39F3N4O6S/c1-6-42(7-2)34(45)31(27-21-39-28-16-14-24(19-26(27)28)33(44)41(4)18-10-17-35(36,37)38)25-15-13-23(20-29(25)48-5)32(43)40-49(46,47)30-12-9-8-11-22(30)3/h8-9,11-16,19-21,31,39H,6-7,10,17-18H2,1-5H3,(H,40,43). The number of alkyl halides is 3. The molecule has 0 spiro atoms. The van der Waals surface area contributed by atoms with Gasteiger partial charge in [0.2, 0.25) is 5.91 Å². The van der Waals surface area contributed by atoms with E-state index >= 15 is 0 Å². The Bertz CT molecular complexity index is 1950. The lowest BCUT2D eigenvalue weighted by molar-refractivity contribution is -0.136. The average molecular weight is 701 g/mol. The zero-order chi connectivity index (χ0) is 36.1. The van der Waals surface area contributed by atoms with Crippen molar-refractivity contribution in [2.75, 3.05) is 33.8 Å². The summed E-state index contributed by atoms with van der Waals surface area (Å²) < 4.78 is 71.8. The molecule has 2 N–H and O–H groups in total. The molecule has 1 heterocycles. The van der Waals surface area contributed by atoms with Gasteiger partial charge in [0.05, 0.1) is 17.9 Å². The second-order valence-electron chi connectivity index (χ2n) is 11.6. The fourth-order valence-corrected chi connectivity index (χ4v) is 6.91. The largest absolute Gasteiger partial charge is 0.496 e. The lowest BCUT2D eigenvalue weighted by Gasteiger charge is -2.27. The number of nitrogens with zero attached hydrogens (tertiary/aromatic N) is 2. The molecule has 0 saturated heterocycles. The van der Waals surface area contributed by atoms with Crippen molar-refractivity contribution in [2.45, 2.75) is 50.6 Å². The first-order valence-electron chi connectivity index (χ1n) is 15.6. The minimum atomic E-state index is -4.32. The van der Waals surface area contributed by atoms with E-state index in [1.807, 2.05) is 13.8 Å². The third-order valence-electron chi connectivity index (χ3n) is 8.31. The number of carbonyl (C=O) groups is 3. The zero-order valence-corrected chi connectivity index (χ0v) is 28.7. The number of fused-ring (bicyclic) bond motifs is 1. The van der Waals surface area contributed by atoms with E-state index in [1.54, 1.807) is 54.4 Å². The predicted octanol–water partition coefficient (Wildman–Crippen LogP) is 6.02. The number of benzene rings is 3. The molecule has 0 aliphatic rings. The van der Waals surface area contributed by atoms with E-state index in [2.05, 4.69) is 9.71 Å². The number of hydrogen-bond acceptors (Lipinski definition) is 6. The number of aryl methyl sites for hydroxylation is 1. The number of likely N-dealkylation sites (N-methyl/N-ethyl adjacent to an activating group) is 1. The molecule has 1 atom stereocenters. The maximum atomic E-state index is 14.2. The Kier molecular flexibility index (Phi) is 11.4. The van der Waals surface area contributed by atoms with Crippen LogP contribution >= 0.6 is 0 Å². The van der Waals surface area contributed by atoms with Crippen molar-refractivity contribution in [1.82, 2.24) is 19.5 Å². The predicted molar refractivity (Wildman–Crippen MR) is 179 cm³/mol. The number of carbonyl (C=O) groups excluding carboxylic acids is 3. The van der Waals surface area contributed by atoms with Gasteiger partial charge in [-0.25, -0.2) is 13.1 Å². The van der Waals surface area contributed by atoms with Crippen LogP contribution in [0.15, 0.2) is 71.8 Å². The Morgan fingerprint density at radius 3 is 2.27 bits per heavy atom. The van der Waals surface area contributed by atoms with Gasteiger partial charge in [-0.3, -0.25) is 14.4 Å². The number of rotatable bonds is 13. The first-order valence-corrected chi connectivity index (χ1v) is 17.1. The highest BCUT2D eigenvalue weighted by molar-refractivity contribution is 7.90. The number of amides is 3. The molecule has 14 heteroatoms. The summed E-state index contributed by atoms with van der Waals surface area (Å²) in [6.07, 6.45) is -3.93. The number of halogens is 3. The molecule has 0 saturated carbocycles. The molecular formula is C35H39F3N4O6S. The van der Waals surface area contributed by atoms with E-state index in [4.69, 9.17) is 4.74 Å². The van der Waals surface area contributed by atoms with Crippen molar-refractivity contribution in [3.8, 4) is 5.75 Å². The van der Waals surface area contributed by atoms with Gasteiger partial charge in [-0.2, -0.15) is 13.2 Å². The van der Waals surface area contributed by atoms with E-state index in [9.17, 15) is 36.0 Å². The Balaban J connectivity index is 1.74. The fraction of sp³-hybridized carbons (Fsp3) is 0.343. The number of methoxy groups -OCH3 is 1. The SMILES string of the molecule is CCN(CC)C(=O)C(c1ccc(C(=O)NS(=O)(=O)c2ccccc2C)cc1OC)c1c[nH]c2ccc(C(=O)N(C)CCCC(F)(F)F)cc12. The van der Waals surface area contributed by atoms with E-state index in [-0.39, 0.29) is 40.6 Å². The van der Waals surface area contributed by atoms with Crippen molar-refractivity contribution >= 4 is 38.6 Å². The van der Waals surface area contributed by atoms with Crippen LogP contribution in [0.3, 0.4) is 0 Å². The summed E-state index contributed by atoms with van der Waals surface area (Å²) in [5.74, 6) is -2.49. The number of ether oxygens (including phenoxy) is 1. The Hall–Kier alpha value is -4.85. The number of nitrogens with one attached hydrogen (secondary N) is 2. The molecule has 49 heavy (non-hydrogen) atoms. The van der Waals surface area contributed by atoms with Crippen LogP contribution in [0.1, 0.15) is 70.0 Å². The van der Waals surface area contributed by atoms with E-state index in [0.29, 0.717) is 40.7 Å². The van der Waals surface area contributed by atoms with Crippen LogP contribution in [0.5, 0.6) is 5.75 Å². The van der Waals surface area contributed by atoms with Crippen LogP contribution < -0.4 is 9.46 Å². The van der Waals surface area contributed by atoms with Gasteiger partial charge in [0.15, 0.2) is 0 Å². The van der Waals surface area contributed by atoms with Crippen molar-refractivity contribution in [2.24, 2.45) is 0 Å². The Morgan fingerprint density at radius 2 is 1.63 bits per heavy atom. The molecule has 3 amide bonds. The van der Waals surface area contributed by atoms with Crippen molar-refractivity contribution in [3.05, 3.63) is 94.7 Å². The molecule has 1 aromatic heterocycles. The smallest absolute Gasteiger partial charge is 0.389 e. The van der Waals surface area contributed by atoms with Crippen molar-refractivity contribution < 1.29 is 40.7 Å². The van der Waals surface area contributed by atoms with Crippen LogP contribution in [0, 0.1) is 6.92 Å². The van der Waals surface area contributed by atoms with Crippen LogP contribution in [0.25, 0.3) is 10.9 Å². The minimum Gasteiger partial charge on any atom is -0.496 e. The van der Waals surface area contributed by atoms with Gasteiger partial charge in [0.1, 0.15) is 5.75 Å². The highest BCUT2D eigenvalue weighted by atomic mass is 32.2. The fourth-order valence-electron chi connectivity index (χ4n) is 5.69. The zero-order valence-electron chi connectivity index (χ0n) is 27.8. The van der Waals surface area contributed by atoms with Crippen LogP contribution in [-0.4, -0.2) is 80.9 Å². The van der Waals surface area contributed by atoms with Crippen LogP contribution in [0.2, 0.25) is 0 Å². The summed E-state index contributed by atoms with van der Waals surface area (Å²) in [5.41, 5.74) is 2.17. The summed E-state index contributed by atoms with van der Waals surface area (Å²) in [6.45, 7) is 5.96. The maximum Gasteiger partial charge on any atom is 0.389 e. The molecule has 4 rings (SSSR count). The number of aromatic amines is 1. The third-order valence-corrected chi connectivity index (χ3v) is 9.80. The number of aromatic nitrogens is 1. The number of sulfonamides is 1. The monoisotopic (exact) mass is 700 g/mol. The molecule has 262 valence electrons. The van der Waals surface area contributed by atoms with Crippen molar-refractivity contribution in [3.63, 3.8) is 0 Å². The average Bonchev–Trinajstić information content (AvgIpc) is 3.47. The van der Waals surface area contributed by atoms with Gasteiger partial charge in [-0.05, 0) is 74.7 Å². The molecule has 4 aromatic rings. The lowest BCUT2D eigenvalue weighted by Crippen LogP contribution is -2.35. The van der Waals surface area contributed by atoms with Crippen LogP contribution in [0.4, 0.5) is 13.2 Å². The first-order chi connectivity index (χ1) is 23.1. The molecule has 0 aliphatic heterocycles. The third kappa shape index (κ3) is 8.42. The topological polar surface area (TPSA) is 129 Å².